The summed E-state index contributed by atoms with van der Waals surface area (Å²) in [5.41, 5.74) is 0. The normalized spacial score (nSPS) is 16.7. The summed E-state index contributed by atoms with van der Waals surface area (Å²) in [5.74, 6) is 0.416. The average Bonchev–Trinajstić information content (AvgIpc) is 3.28. The summed E-state index contributed by atoms with van der Waals surface area (Å²) in [6.07, 6.45) is 9.35. The van der Waals surface area contributed by atoms with E-state index in [9.17, 15) is 4.79 Å². The first-order valence-corrected chi connectivity index (χ1v) is 13.8. The molecule has 0 atom stereocenters. The van der Waals surface area contributed by atoms with Crippen molar-refractivity contribution in [3.05, 3.63) is 23.2 Å². The Balaban J connectivity index is 1.47. The Morgan fingerprint density at radius 1 is 1.32 bits per heavy atom. The molecule has 0 aliphatic carbocycles. The van der Waals surface area contributed by atoms with E-state index >= 15 is 0 Å². The average molecular weight is 421 g/mol. The molecule has 3 rings (SSSR count). The molecule has 9 heteroatoms. The number of nitrogens with one attached hydrogen (secondary N) is 1. The van der Waals surface area contributed by atoms with Crippen molar-refractivity contribution in [2.75, 3.05) is 32.1 Å². The number of oxazole rings is 1. The molecule has 1 fully saturated rings. The molecule has 0 saturated carbocycles. The minimum atomic E-state index is -1.49. The lowest BCUT2D eigenvalue weighted by Crippen LogP contribution is -2.36. The first kappa shape index (κ1) is 20.9. The van der Waals surface area contributed by atoms with Gasteiger partial charge in [0.1, 0.15) is 20.1 Å². The van der Waals surface area contributed by atoms with Gasteiger partial charge in [-0.25, -0.2) is 9.97 Å². The van der Waals surface area contributed by atoms with Gasteiger partial charge in [-0.2, -0.15) is 0 Å². The number of aromatic nitrogens is 2. The van der Waals surface area contributed by atoms with E-state index in [0.717, 1.165) is 36.2 Å². The third-order valence-electron chi connectivity index (χ3n) is 4.54. The zero-order chi connectivity index (χ0) is 20.1. The first-order chi connectivity index (χ1) is 13.3. The Morgan fingerprint density at radius 2 is 2.07 bits per heavy atom. The maximum absolute atomic E-state index is 12.1. The zero-order valence-corrected chi connectivity index (χ0v) is 18.7. The van der Waals surface area contributed by atoms with Crippen LogP contribution in [0.4, 0.5) is 5.13 Å². The highest BCUT2D eigenvalue weighted by Gasteiger charge is 2.21. The highest BCUT2D eigenvalue weighted by atomic mass is 32.1. The minimum Gasteiger partial charge on any atom is -0.447 e. The predicted octanol–water partition coefficient (Wildman–Crippen LogP) is 2.90. The summed E-state index contributed by atoms with van der Waals surface area (Å²) >= 11 is 1.40. The smallest absolute Gasteiger partial charge is 0.252 e. The van der Waals surface area contributed by atoms with Crippen LogP contribution in [-0.4, -0.2) is 61.7 Å². The van der Waals surface area contributed by atoms with Gasteiger partial charge in [0.15, 0.2) is 5.13 Å². The van der Waals surface area contributed by atoms with E-state index in [4.69, 9.17) is 9.15 Å². The van der Waals surface area contributed by atoms with Gasteiger partial charge >= 0.3 is 0 Å². The standard InChI is InChI=1S/C19H28N4O3SSi/c1-23-9-7-14(8-10-23)25-13-16(24)22-19-21-11-15(27-19)5-6-17-20-12-18(26-17)28(2,3)4/h5-6,11-12,14H,7-10,13H2,1-4H3,(H,21,22,24). The Labute approximate surface area is 170 Å². The van der Waals surface area contributed by atoms with Crippen molar-refractivity contribution in [1.29, 1.82) is 0 Å². The molecule has 28 heavy (non-hydrogen) atoms. The summed E-state index contributed by atoms with van der Waals surface area (Å²) in [6, 6.07) is 0. The number of ether oxygens (including phenoxy) is 1. The number of rotatable bonds is 7. The molecule has 0 spiro atoms. The largest absolute Gasteiger partial charge is 0.447 e. The van der Waals surface area contributed by atoms with Gasteiger partial charge in [0, 0.05) is 30.2 Å². The van der Waals surface area contributed by atoms with Gasteiger partial charge < -0.3 is 14.1 Å². The number of likely N-dealkylation sites (tertiary alicyclic amines) is 1. The van der Waals surface area contributed by atoms with E-state index in [1.54, 1.807) is 6.20 Å². The van der Waals surface area contributed by atoms with Crippen molar-refractivity contribution >= 4 is 48.0 Å². The molecular formula is C19H28N4O3SSi. The van der Waals surface area contributed by atoms with Gasteiger partial charge in [-0.1, -0.05) is 31.0 Å². The maximum atomic E-state index is 12.1. The highest BCUT2D eigenvalue weighted by molar-refractivity contribution is 7.16. The van der Waals surface area contributed by atoms with Crippen molar-refractivity contribution in [1.82, 2.24) is 14.9 Å². The van der Waals surface area contributed by atoms with Crippen molar-refractivity contribution < 1.29 is 13.9 Å². The van der Waals surface area contributed by atoms with E-state index in [2.05, 4.69) is 46.9 Å². The number of hydrogen-bond donors (Lipinski definition) is 1. The second kappa shape index (κ2) is 9.12. The SMILES string of the molecule is CN1CCC(OCC(=O)Nc2ncc(C=Cc3ncc([Si](C)(C)C)o3)s2)CC1. The van der Waals surface area contributed by atoms with Crippen LogP contribution < -0.4 is 10.7 Å². The van der Waals surface area contributed by atoms with Crippen molar-refractivity contribution in [3.8, 4) is 0 Å². The van der Waals surface area contributed by atoms with Crippen LogP contribution in [0.1, 0.15) is 23.6 Å². The first-order valence-electron chi connectivity index (χ1n) is 9.50. The third kappa shape index (κ3) is 6.10. The van der Waals surface area contributed by atoms with E-state index in [1.807, 2.05) is 18.3 Å². The second-order valence-electron chi connectivity index (χ2n) is 8.08. The van der Waals surface area contributed by atoms with Crippen LogP contribution in [0.15, 0.2) is 16.8 Å². The zero-order valence-electron chi connectivity index (χ0n) is 16.9. The fraction of sp³-hybridized carbons (Fsp3) is 0.526. The van der Waals surface area contributed by atoms with Crippen LogP contribution in [0, 0.1) is 0 Å². The van der Waals surface area contributed by atoms with Gasteiger partial charge in [-0.3, -0.25) is 10.1 Å². The number of anilines is 1. The third-order valence-corrected chi connectivity index (χ3v) is 7.13. The molecule has 2 aromatic heterocycles. The van der Waals surface area contributed by atoms with Gasteiger partial charge in [0.25, 0.3) is 5.91 Å². The Bertz CT molecular complexity index is 819. The molecule has 0 aromatic carbocycles. The van der Waals surface area contributed by atoms with Crippen LogP contribution in [0.25, 0.3) is 12.2 Å². The molecular weight excluding hydrogens is 392 g/mol. The Morgan fingerprint density at radius 3 is 2.75 bits per heavy atom. The molecule has 1 aliphatic heterocycles. The fourth-order valence-corrected chi connectivity index (χ4v) is 4.38. The van der Waals surface area contributed by atoms with Gasteiger partial charge in [0.2, 0.25) is 5.89 Å². The molecule has 1 aliphatic rings. The lowest BCUT2D eigenvalue weighted by molar-refractivity contribution is -0.123. The molecule has 1 amide bonds. The van der Waals surface area contributed by atoms with Crippen LogP contribution in [0.2, 0.25) is 19.6 Å². The Hall–Kier alpha value is -1.81. The summed E-state index contributed by atoms with van der Waals surface area (Å²) < 4.78 is 11.5. The predicted molar refractivity (Wildman–Crippen MR) is 116 cm³/mol. The van der Waals surface area contributed by atoms with E-state index in [1.165, 1.54) is 11.3 Å². The molecule has 7 nitrogen and oxygen atoms in total. The lowest BCUT2D eigenvalue weighted by Gasteiger charge is -2.28. The molecule has 3 heterocycles. The number of carbonyl (C=O) groups is 1. The van der Waals surface area contributed by atoms with Crippen LogP contribution in [-0.2, 0) is 9.53 Å². The summed E-state index contributed by atoms with van der Waals surface area (Å²) in [5, 5.41) is 4.34. The monoisotopic (exact) mass is 420 g/mol. The molecule has 0 unspecified atom stereocenters. The van der Waals surface area contributed by atoms with Crippen LogP contribution in [0.5, 0.6) is 0 Å². The van der Waals surface area contributed by atoms with Crippen molar-refractivity contribution in [3.63, 3.8) is 0 Å². The number of nitrogens with zero attached hydrogens (tertiary/aromatic N) is 3. The molecule has 152 valence electrons. The number of thiazole rings is 1. The highest BCUT2D eigenvalue weighted by Crippen LogP contribution is 2.20. The van der Waals surface area contributed by atoms with E-state index < -0.39 is 8.07 Å². The van der Waals surface area contributed by atoms with Gasteiger partial charge in [-0.15, -0.1) is 0 Å². The molecule has 1 N–H and O–H groups in total. The molecule has 2 aromatic rings. The van der Waals surface area contributed by atoms with Crippen LogP contribution >= 0.6 is 11.3 Å². The number of hydrogen-bond acceptors (Lipinski definition) is 7. The van der Waals surface area contributed by atoms with Crippen molar-refractivity contribution in [2.45, 2.75) is 38.6 Å². The summed E-state index contributed by atoms with van der Waals surface area (Å²) in [7, 11) is 0.608. The summed E-state index contributed by atoms with van der Waals surface area (Å²) in [4.78, 5) is 23.8. The van der Waals surface area contributed by atoms with Gasteiger partial charge in [-0.05, 0) is 26.0 Å². The maximum Gasteiger partial charge on any atom is 0.252 e. The molecule has 0 bridgehead atoms. The van der Waals surface area contributed by atoms with Crippen molar-refractivity contribution in [2.24, 2.45) is 0 Å². The Kier molecular flexibility index (Phi) is 6.81. The fourth-order valence-electron chi connectivity index (χ4n) is 2.79. The number of piperidine rings is 1. The summed E-state index contributed by atoms with van der Waals surface area (Å²) in [6.45, 7) is 8.74. The quantitative estimate of drug-likeness (QED) is 0.694. The number of amides is 1. The molecule has 1 saturated heterocycles. The topological polar surface area (TPSA) is 80.5 Å². The minimum absolute atomic E-state index is 0.0644. The molecule has 0 radical (unpaired) electrons. The van der Waals surface area contributed by atoms with Crippen LogP contribution in [0.3, 0.4) is 0 Å². The van der Waals surface area contributed by atoms with E-state index in [0.29, 0.717) is 11.0 Å². The second-order valence-corrected chi connectivity index (χ2v) is 14.1. The van der Waals surface area contributed by atoms with E-state index in [-0.39, 0.29) is 18.6 Å². The number of carbonyl (C=O) groups excluding carboxylic acids is 1. The lowest BCUT2D eigenvalue weighted by atomic mass is 10.1. The van der Waals surface area contributed by atoms with Gasteiger partial charge in [0.05, 0.1) is 12.3 Å².